The zero-order chi connectivity index (χ0) is 27.8. The summed E-state index contributed by atoms with van der Waals surface area (Å²) in [5.74, 6) is 3.80. The fourth-order valence-electron chi connectivity index (χ4n) is 4.02. The molecule has 0 aromatic carbocycles. The van der Waals surface area contributed by atoms with Crippen molar-refractivity contribution < 1.29 is 19.1 Å². The minimum absolute atomic E-state index is 0.0462. The standard InChI is InChI=1S/2C8H18S.2C7H13O2.Sn/c2*1-8(2)6-4-3-5-7-9;2*1-3-5-6-9-7(8)4-2;/h2*8-9H,3-7H2,1-2H3;2*2-6H2,1H3;/q;;;;+2/p-2. The van der Waals surface area contributed by atoms with Crippen LogP contribution in [0.3, 0.4) is 0 Å². The molecule has 0 aromatic heterocycles. The van der Waals surface area contributed by atoms with Gasteiger partial charge in [-0.2, -0.15) is 0 Å². The molecule has 0 aliphatic heterocycles. The average Bonchev–Trinajstić information content (AvgIpc) is 2.85. The molecule has 0 aliphatic rings. The van der Waals surface area contributed by atoms with Crippen LogP contribution in [0.15, 0.2) is 0 Å². The number of unbranched alkanes of at least 4 members (excludes halogenated alkanes) is 6. The van der Waals surface area contributed by atoms with Crippen molar-refractivity contribution in [1.29, 1.82) is 0 Å². The van der Waals surface area contributed by atoms with Crippen LogP contribution < -0.4 is 0 Å². The van der Waals surface area contributed by atoms with Gasteiger partial charge in [-0.1, -0.05) is 0 Å². The first kappa shape index (κ1) is 37.4. The summed E-state index contributed by atoms with van der Waals surface area (Å²) < 4.78 is 13.0. The Morgan fingerprint density at radius 2 is 1.03 bits per heavy atom. The molecule has 0 bridgehead atoms. The second kappa shape index (κ2) is 25.4. The van der Waals surface area contributed by atoms with E-state index in [1.807, 2.05) is 0 Å². The van der Waals surface area contributed by atoms with Crippen molar-refractivity contribution in [2.24, 2.45) is 11.8 Å². The molecule has 37 heavy (non-hydrogen) atoms. The van der Waals surface area contributed by atoms with Gasteiger partial charge in [0.15, 0.2) is 0 Å². The Morgan fingerprint density at radius 1 is 0.622 bits per heavy atom. The van der Waals surface area contributed by atoms with Crippen LogP contribution in [0.1, 0.15) is 131 Å². The molecule has 0 heterocycles. The zero-order valence-electron chi connectivity index (χ0n) is 25.2. The average molecular weight is 668 g/mol. The van der Waals surface area contributed by atoms with Gasteiger partial charge in [0.2, 0.25) is 0 Å². The van der Waals surface area contributed by atoms with Crippen molar-refractivity contribution in [3.63, 3.8) is 0 Å². The quantitative estimate of drug-likeness (QED) is 0.0520. The Morgan fingerprint density at radius 3 is 1.38 bits per heavy atom. The third kappa shape index (κ3) is 24.0. The number of rotatable bonds is 26. The first-order valence-corrected chi connectivity index (χ1v) is 28.3. The van der Waals surface area contributed by atoms with Crippen LogP contribution in [-0.2, 0) is 19.1 Å². The zero-order valence-corrected chi connectivity index (χ0v) is 29.7. The number of hydrogen-bond acceptors (Lipinski definition) is 6. The third-order valence-corrected chi connectivity index (χ3v) is 37.1. The minimum atomic E-state index is -2.88. The van der Waals surface area contributed by atoms with Gasteiger partial charge in [-0.05, 0) is 0 Å². The van der Waals surface area contributed by atoms with Crippen LogP contribution in [0.4, 0.5) is 0 Å². The topological polar surface area (TPSA) is 52.6 Å². The second-order valence-corrected chi connectivity index (χ2v) is 37.8. The Hall–Kier alpha value is 0.439. The molecule has 0 saturated heterocycles. The normalized spacial score (nSPS) is 11.9. The number of ether oxygens (including phenoxy) is 2. The van der Waals surface area contributed by atoms with Gasteiger partial charge in [0.05, 0.1) is 0 Å². The van der Waals surface area contributed by atoms with Crippen molar-refractivity contribution in [2.75, 3.05) is 24.7 Å². The van der Waals surface area contributed by atoms with E-state index in [0.29, 0.717) is 26.1 Å². The van der Waals surface area contributed by atoms with Gasteiger partial charge in [0, 0.05) is 0 Å². The summed E-state index contributed by atoms with van der Waals surface area (Å²) >= 11 is -2.88. The van der Waals surface area contributed by atoms with Gasteiger partial charge in [0.25, 0.3) is 0 Å². The van der Waals surface area contributed by atoms with Gasteiger partial charge in [0.1, 0.15) is 0 Å². The Labute approximate surface area is 240 Å². The predicted molar refractivity (Wildman–Crippen MR) is 168 cm³/mol. The monoisotopic (exact) mass is 668 g/mol. The van der Waals surface area contributed by atoms with Crippen LogP contribution >= 0.6 is 17.9 Å². The molecule has 7 heteroatoms. The van der Waals surface area contributed by atoms with Gasteiger partial charge in [-0.3, -0.25) is 0 Å². The molecule has 0 saturated carbocycles. The van der Waals surface area contributed by atoms with E-state index in [-0.39, 0.29) is 11.9 Å². The van der Waals surface area contributed by atoms with E-state index in [0.717, 1.165) is 46.4 Å². The van der Waals surface area contributed by atoms with Crippen LogP contribution in [0.2, 0.25) is 8.87 Å². The molecule has 0 N–H and O–H groups in total. The van der Waals surface area contributed by atoms with Crippen LogP contribution in [0.5, 0.6) is 0 Å². The molecule has 0 spiro atoms. The van der Waals surface area contributed by atoms with Gasteiger partial charge in [-0.15, -0.1) is 0 Å². The summed E-state index contributed by atoms with van der Waals surface area (Å²) in [5, 5.41) is 0. The maximum atomic E-state index is 12.5. The summed E-state index contributed by atoms with van der Waals surface area (Å²) in [5.41, 5.74) is 0. The second-order valence-electron chi connectivity index (χ2n) is 11.2. The van der Waals surface area contributed by atoms with E-state index in [1.54, 1.807) is 0 Å². The summed E-state index contributed by atoms with van der Waals surface area (Å²) in [6.07, 6.45) is 15.2. The Kier molecular flexibility index (Phi) is 25.7. The summed E-state index contributed by atoms with van der Waals surface area (Å²) in [7, 11) is 4.39. The molecular weight excluding hydrogens is 607 g/mol. The fourth-order valence-corrected chi connectivity index (χ4v) is 32.4. The van der Waals surface area contributed by atoms with E-state index < -0.39 is 15.6 Å². The number of carbonyl (C=O) groups is 2. The van der Waals surface area contributed by atoms with E-state index in [2.05, 4.69) is 59.4 Å². The summed E-state index contributed by atoms with van der Waals surface area (Å²) in [6, 6.07) is 0. The molecule has 220 valence electrons. The molecule has 0 radical (unpaired) electrons. The van der Waals surface area contributed by atoms with E-state index in [1.165, 1.54) is 62.9 Å². The number of hydrogen-bond donors (Lipinski definition) is 0. The van der Waals surface area contributed by atoms with E-state index >= 15 is 0 Å². The van der Waals surface area contributed by atoms with Crippen LogP contribution in [0.25, 0.3) is 0 Å². The molecule has 4 nitrogen and oxygen atoms in total. The molecule has 0 rings (SSSR count). The molecule has 0 aromatic rings. The third-order valence-electron chi connectivity index (χ3n) is 6.52. The predicted octanol–water partition coefficient (Wildman–Crippen LogP) is 9.79. The maximum absolute atomic E-state index is 12.5. The van der Waals surface area contributed by atoms with Gasteiger partial charge < -0.3 is 0 Å². The van der Waals surface area contributed by atoms with Crippen LogP contribution in [0, 0.1) is 11.8 Å². The fraction of sp³-hybridized carbons (Fsp3) is 0.933. The van der Waals surface area contributed by atoms with Crippen molar-refractivity contribution in [3.05, 3.63) is 0 Å². The van der Waals surface area contributed by atoms with Crippen molar-refractivity contribution in [1.82, 2.24) is 0 Å². The van der Waals surface area contributed by atoms with Gasteiger partial charge in [-0.25, -0.2) is 0 Å². The van der Waals surface area contributed by atoms with E-state index in [4.69, 9.17) is 9.47 Å². The first-order chi connectivity index (χ1) is 17.7. The number of esters is 2. The molecule has 0 amide bonds. The Bertz CT molecular complexity index is 510. The molecule has 0 fully saturated rings. The first-order valence-electron chi connectivity index (χ1n) is 15.3. The number of carbonyl (C=O) groups excluding carboxylic acids is 2. The molecule has 0 atom stereocenters. The van der Waals surface area contributed by atoms with Crippen molar-refractivity contribution in [3.8, 4) is 0 Å². The SMILES string of the molecule is CCCCOC(=O)C[CH2][Sn]([CH2]CC(=O)OCCCC)([S]CCCCCC(C)C)[S]CCCCCC(C)C. The summed E-state index contributed by atoms with van der Waals surface area (Å²) in [4.78, 5) is 25.1. The van der Waals surface area contributed by atoms with Gasteiger partial charge >= 0.3 is 241 Å². The molecule has 0 unspecified atom stereocenters. The Balaban J connectivity index is 5.16. The van der Waals surface area contributed by atoms with Crippen molar-refractivity contribution >= 4 is 45.4 Å². The van der Waals surface area contributed by atoms with Crippen molar-refractivity contribution in [2.45, 2.75) is 140 Å². The molecular formula is C30H60O4S2Sn. The summed E-state index contributed by atoms with van der Waals surface area (Å²) in [6.45, 7) is 14.5. The van der Waals surface area contributed by atoms with Crippen LogP contribution in [-0.4, -0.2) is 52.3 Å². The van der Waals surface area contributed by atoms with E-state index in [9.17, 15) is 9.59 Å². The molecule has 0 aliphatic carbocycles.